The van der Waals surface area contributed by atoms with Crippen LogP contribution in [0.1, 0.15) is 60.3 Å². The van der Waals surface area contributed by atoms with Gasteiger partial charge >= 0.3 is 0 Å². The first-order chi connectivity index (χ1) is 7.86. The van der Waals surface area contributed by atoms with Gasteiger partial charge in [0, 0.05) is 5.41 Å². The van der Waals surface area contributed by atoms with Gasteiger partial charge in [0.25, 0.3) is 0 Å². The van der Waals surface area contributed by atoms with Gasteiger partial charge in [0.1, 0.15) is 5.78 Å². The number of ketones is 1. The molecule has 1 rings (SSSR count). The summed E-state index contributed by atoms with van der Waals surface area (Å²) in [6.45, 7) is 10.4. The lowest BCUT2D eigenvalue weighted by molar-refractivity contribution is -0.128. The Balaban J connectivity index is 2.61. The molecule has 1 heteroatoms. The lowest BCUT2D eigenvalue weighted by atomic mass is 9.66. The van der Waals surface area contributed by atoms with Crippen molar-refractivity contribution in [2.24, 2.45) is 11.3 Å². The molecule has 0 aromatic carbocycles. The van der Waals surface area contributed by atoms with Crippen molar-refractivity contribution in [3.05, 3.63) is 23.3 Å². The molecule has 0 spiro atoms. The molecule has 1 aliphatic rings. The summed E-state index contributed by atoms with van der Waals surface area (Å²) in [5.41, 5.74) is 2.80. The lowest BCUT2D eigenvalue weighted by Gasteiger charge is -2.37. The molecule has 0 saturated heterocycles. The number of rotatable bonds is 4. The lowest BCUT2D eigenvalue weighted by Crippen LogP contribution is -2.35. The van der Waals surface area contributed by atoms with Crippen molar-refractivity contribution < 1.29 is 4.79 Å². The molecular formula is C16H26O. The highest BCUT2D eigenvalue weighted by molar-refractivity contribution is 5.82. The van der Waals surface area contributed by atoms with Gasteiger partial charge in [0.05, 0.1) is 0 Å². The van der Waals surface area contributed by atoms with Gasteiger partial charge in [-0.15, -0.1) is 0 Å². The summed E-state index contributed by atoms with van der Waals surface area (Å²) in [5.74, 6) is 0.816. The van der Waals surface area contributed by atoms with E-state index >= 15 is 0 Å². The monoisotopic (exact) mass is 234 g/mol. The third-order valence-electron chi connectivity index (χ3n) is 4.29. The Hall–Kier alpha value is -0.850. The molecule has 0 N–H and O–H groups in total. The molecule has 0 aromatic heterocycles. The van der Waals surface area contributed by atoms with E-state index in [-0.39, 0.29) is 5.41 Å². The van der Waals surface area contributed by atoms with Crippen LogP contribution < -0.4 is 0 Å². The van der Waals surface area contributed by atoms with Crippen LogP contribution in [-0.2, 0) is 4.79 Å². The van der Waals surface area contributed by atoms with Crippen LogP contribution in [0.2, 0.25) is 0 Å². The smallest absolute Gasteiger partial charge is 0.136 e. The van der Waals surface area contributed by atoms with Gasteiger partial charge in [-0.25, -0.2) is 0 Å². The maximum atomic E-state index is 11.7. The Kier molecular flexibility index (Phi) is 4.73. The summed E-state index contributed by atoms with van der Waals surface area (Å²) in [7, 11) is 0. The number of allylic oxidation sites excluding steroid dienone is 4. The van der Waals surface area contributed by atoms with Crippen molar-refractivity contribution in [1.29, 1.82) is 0 Å². The van der Waals surface area contributed by atoms with E-state index in [4.69, 9.17) is 0 Å². The topological polar surface area (TPSA) is 17.1 Å². The molecule has 0 fully saturated rings. The Bertz CT molecular complexity index is 345. The first kappa shape index (κ1) is 14.2. The molecule has 1 aliphatic carbocycles. The van der Waals surface area contributed by atoms with Crippen LogP contribution >= 0.6 is 0 Å². The fourth-order valence-corrected chi connectivity index (χ4v) is 2.50. The maximum absolute atomic E-state index is 11.7. The summed E-state index contributed by atoms with van der Waals surface area (Å²) in [6, 6.07) is 0. The number of carbonyl (C=O) groups is 1. The first-order valence-corrected chi connectivity index (χ1v) is 6.68. The number of carbonyl (C=O) groups excluding carboxylic acids is 1. The van der Waals surface area contributed by atoms with Gasteiger partial charge in [-0.3, -0.25) is 4.79 Å². The molecule has 0 aliphatic heterocycles. The van der Waals surface area contributed by atoms with Crippen LogP contribution in [0.15, 0.2) is 23.3 Å². The van der Waals surface area contributed by atoms with E-state index in [2.05, 4.69) is 39.8 Å². The fourth-order valence-electron chi connectivity index (χ4n) is 2.50. The zero-order valence-corrected chi connectivity index (χ0v) is 12.0. The largest absolute Gasteiger partial charge is 0.299 e. The fraction of sp³-hybridized carbons (Fsp3) is 0.688. The highest BCUT2D eigenvalue weighted by atomic mass is 16.1. The zero-order chi connectivity index (χ0) is 13.1. The Morgan fingerprint density at radius 2 is 2.12 bits per heavy atom. The van der Waals surface area contributed by atoms with E-state index in [1.165, 1.54) is 11.1 Å². The van der Waals surface area contributed by atoms with Crippen LogP contribution in [0.25, 0.3) is 0 Å². The number of hydrogen-bond donors (Lipinski definition) is 0. The molecular weight excluding hydrogens is 208 g/mol. The zero-order valence-electron chi connectivity index (χ0n) is 12.0. The molecule has 0 saturated carbocycles. The second-order valence-electron chi connectivity index (χ2n) is 5.97. The summed E-state index contributed by atoms with van der Waals surface area (Å²) in [6.07, 6.45) is 8.91. The van der Waals surface area contributed by atoms with Crippen LogP contribution in [0.5, 0.6) is 0 Å². The molecule has 1 unspecified atom stereocenters. The predicted molar refractivity (Wildman–Crippen MR) is 73.9 cm³/mol. The SMILES string of the molecule is CC(=O)[C@]1(C)CC=C(CCC=C(C)C)CC1C. The van der Waals surface area contributed by atoms with E-state index in [0.29, 0.717) is 11.7 Å². The van der Waals surface area contributed by atoms with Crippen LogP contribution in [0, 0.1) is 11.3 Å². The minimum atomic E-state index is -0.125. The molecule has 17 heavy (non-hydrogen) atoms. The standard InChI is InChI=1S/C16H26O/c1-12(2)7-6-8-15-9-10-16(5,14(4)17)13(3)11-15/h7,9,13H,6,8,10-11H2,1-5H3/t13?,16-/m1/s1. The molecule has 1 nitrogen and oxygen atoms in total. The Morgan fingerprint density at radius 1 is 1.47 bits per heavy atom. The normalized spacial score (nSPS) is 28.5. The van der Waals surface area contributed by atoms with Crippen molar-refractivity contribution in [3.8, 4) is 0 Å². The highest BCUT2D eigenvalue weighted by Gasteiger charge is 2.37. The van der Waals surface area contributed by atoms with Gasteiger partial charge in [-0.1, -0.05) is 37.1 Å². The minimum Gasteiger partial charge on any atom is -0.299 e. The number of hydrogen-bond acceptors (Lipinski definition) is 1. The summed E-state index contributed by atoms with van der Waals surface area (Å²) < 4.78 is 0. The highest BCUT2D eigenvalue weighted by Crippen LogP contribution is 2.41. The van der Waals surface area contributed by atoms with Gasteiger partial charge in [-0.05, 0) is 52.4 Å². The summed E-state index contributed by atoms with van der Waals surface area (Å²) in [5, 5.41) is 0. The van der Waals surface area contributed by atoms with Gasteiger partial charge in [-0.2, -0.15) is 0 Å². The average molecular weight is 234 g/mol. The van der Waals surface area contributed by atoms with Crippen molar-refractivity contribution in [3.63, 3.8) is 0 Å². The van der Waals surface area contributed by atoms with E-state index in [0.717, 1.165) is 25.7 Å². The molecule has 0 aromatic rings. The predicted octanol–water partition coefficient (Wildman–Crippen LogP) is 4.68. The maximum Gasteiger partial charge on any atom is 0.136 e. The molecule has 0 bridgehead atoms. The van der Waals surface area contributed by atoms with Gasteiger partial charge in [0.2, 0.25) is 0 Å². The molecule has 96 valence electrons. The molecule has 0 radical (unpaired) electrons. The average Bonchev–Trinajstić information content (AvgIpc) is 2.22. The Labute approximate surface area is 106 Å². The van der Waals surface area contributed by atoms with E-state index in [1.54, 1.807) is 6.92 Å². The second kappa shape index (κ2) is 5.66. The van der Waals surface area contributed by atoms with E-state index in [9.17, 15) is 4.79 Å². The van der Waals surface area contributed by atoms with Crippen molar-refractivity contribution >= 4 is 5.78 Å². The van der Waals surface area contributed by atoms with Crippen LogP contribution in [0.4, 0.5) is 0 Å². The molecule has 2 atom stereocenters. The number of Topliss-reactive ketones (excluding diaryl/α,β-unsaturated/α-hetero) is 1. The Morgan fingerprint density at radius 3 is 2.59 bits per heavy atom. The van der Waals surface area contributed by atoms with Crippen LogP contribution in [0.3, 0.4) is 0 Å². The third-order valence-corrected chi connectivity index (χ3v) is 4.29. The third kappa shape index (κ3) is 3.55. The van der Waals surface area contributed by atoms with E-state index in [1.807, 2.05) is 0 Å². The van der Waals surface area contributed by atoms with Gasteiger partial charge < -0.3 is 0 Å². The second-order valence-corrected chi connectivity index (χ2v) is 5.97. The molecule has 0 heterocycles. The summed E-state index contributed by atoms with van der Waals surface area (Å²) in [4.78, 5) is 11.7. The molecule has 0 amide bonds. The summed E-state index contributed by atoms with van der Waals surface area (Å²) >= 11 is 0. The quantitative estimate of drug-likeness (QED) is 0.645. The van der Waals surface area contributed by atoms with Gasteiger partial charge in [0.15, 0.2) is 0 Å². The van der Waals surface area contributed by atoms with Crippen molar-refractivity contribution in [2.45, 2.75) is 60.3 Å². The minimum absolute atomic E-state index is 0.125. The van der Waals surface area contributed by atoms with E-state index < -0.39 is 0 Å². The van der Waals surface area contributed by atoms with Crippen LogP contribution in [-0.4, -0.2) is 5.78 Å². The van der Waals surface area contributed by atoms with Crippen molar-refractivity contribution in [2.75, 3.05) is 0 Å². The van der Waals surface area contributed by atoms with Crippen molar-refractivity contribution in [1.82, 2.24) is 0 Å². The first-order valence-electron chi connectivity index (χ1n) is 6.68.